The summed E-state index contributed by atoms with van der Waals surface area (Å²) in [6.45, 7) is 1.26. The fourth-order valence-electron chi connectivity index (χ4n) is 0.264. The second kappa shape index (κ2) is 2.97. The molecule has 0 amide bonds. The summed E-state index contributed by atoms with van der Waals surface area (Å²) in [7, 11) is 0. The van der Waals surface area contributed by atoms with E-state index in [0.29, 0.717) is 0 Å². The van der Waals surface area contributed by atoms with Crippen molar-refractivity contribution in [3.63, 3.8) is 0 Å². The quantitative estimate of drug-likeness (QED) is 0.386. The van der Waals surface area contributed by atoms with Crippen LogP contribution < -0.4 is 0 Å². The van der Waals surface area contributed by atoms with Crippen LogP contribution in [-0.2, 0) is 0 Å². The molecule has 0 radical (unpaired) electrons. The van der Waals surface area contributed by atoms with Gasteiger partial charge in [0.05, 0.1) is 6.07 Å². The van der Waals surface area contributed by atoms with Gasteiger partial charge in [-0.25, -0.2) is 0 Å². The van der Waals surface area contributed by atoms with Gasteiger partial charge in [-0.1, -0.05) is 0 Å². The van der Waals surface area contributed by atoms with Gasteiger partial charge in [-0.05, 0) is 6.92 Å². The minimum atomic E-state index is -0.492. The van der Waals surface area contributed by atoms with Gasteiger partial charge in [0.15, 0.2) is 0 Å². The van der Waals surface area contributed by atoms with Crippen LogP contribution in [0.3, 0.4) is 0 Å². The van der Waals surface area contributed by atoms with E-state index in [2.05, 4.69) is 0 Å². The fourth-order valence-corrected chi connectivity index (χ4v) is 0.264. The zero-order chi connectivity index (χ0) is 6.57. The summed E-state index contributed by atoms with van der Waals surface area (Å²) in [5, 5.41) is 17.7. The number of rotatable bonds is 2. The van der Waals surface area contributed by atoms with Gasteiger partial charge in [0.1, 0.15) is 5.92 Å². The van der Waals surface area contributed by atoms with Crippen molar-refractivity contribution < 1.29 is 4.92 Å². The third kappa shape index (κ3) is 3.09. The molecule has 0 aliphatic carbocycles. The molecule has 0 N–H and O–H groups in total. The van der Waals surface area contributed by atoms with Crippen LogP contribution in [0.5, 0.6) is 0 Å². The van der Waals surface area contributed by atoms with E-state index in [1.54, 1.807) is 6.07 Å². The molecular weight excluding hydrogens is 108 g/mol. The Kier molecular flexibility index (Phi) is 2.56. The second-order valence-electron chi connectivity index (χ2n) is 1.55. The van der Waals surface area contributed by atoms with E-state index < -0.39 is 10.8 Å². The van der Waals surface area contributed by atoms with Crippen LogP contribution in [0.4, 0.5) is 0 Å². The Morgan fingerprint density at radius 3 is 2.62 bits per heavy atom. The van der Waals surface area contributed by atoms with E-state index in [4.69, 9.17) is 5.26 Å². The topological polar surface area (TPSA) is 66.9 Å². The van der Waals surface area contributed by atoms with Crippen molar-refractivity contribution in [3.8, 4) is 6.07 Å². The molecule has 0 aliphatic heterocycles. The van der Waals surface area contributed by atoms with Gasteiger partial charge in [-0.2, -0.15) is 5.26 Å². The van der Waals surface area contributed by atoms with Gasteiger partial charge >= 0.3 is 0 Å². The molecule has 0 spiro atoms. The molecule has 44 valence electrons. The molecule has 8 heavy (non-hydrogen) atoms. The molecule has 0 rings (SSSR count). The highest BCUT2D eigenvalue weighted by Gasteiger charge is 2.05. The zero-order valence-corrected chi connectivity index (χ0v) is 4.50. The number of nitro groups is 1. The Labute approximate surface area is 46.9 Å². The van der Waals surface area contributed by atoms with Crippen molar-refractivity contribution in [1.82, 2.24) is 0 Å². The number of hydrogen-bond acceptors (Lipinski definition) is 3. The number of nitrogens with zero attached hydrogens (tertiary/aromatic N) is 2. The van der Waals surface area contributed by atoms with Gasteiger partial charge in [0, 0.05) is 4.92 Å². The van der Waals surface area contributed by atoms with Crippen LogP contribution in [0.15, 0.2) is 0 Å². The summed E-state index contributed by atoms with van der Waals surface area (Å²) in [5.41, 5.74) is 0. The van der Waals surface area contributed by atoms with E-state index in [0.717, 1.165) is 0 Å². The lowest BCUT2D eigenvalue weighted by molar-refractivity contribution is -0.484. The van der Waals surface area contributed by atoms with Crippen molar-refractivity contribution in [3.05, 3.63) is 10.1 Å². The first-order valence-electron chi connectivity index (χ1n) is 2.18. The molecule has 0 fully saturated rings. The van der Waals surface area contributed by atoms with Crippen molar-refractivity contribution in [2.24, 2.45) is 5.92 Å². The van der Waals surface area contributed by atoms with E-state index >= 15 is 0 Å². The average molecular weight is 114 g/mol. The maximum Gasteiger partial charge on any atom is 0.219 e. The SMILES string of the molecule is C[C@H](C#N)C[N+](=O)[O-]. The summed E-state index contributed by atoms with van der Waals surface area (Å²) in [6.07, 6.45) is 0. The monoisotopic (exact) mass is 114 g/mol. The van der Waals surface area contributed by atoms with Crippen molar-refractivity contribution >= 4 is 0 Å². The highest BCUT2D eigenvalue weighted by atomic mass is 16.6. The summed E-state index contributed by atoms with van der Waals surface area (Å²) in [4.78, 5) is 9.13. The molecule has 0 unspecified atom stereocenters. The minimum absolute atomic E-state index is 0.253. The number of hydrogen-bond donors (Lipinski definition) is 0. The summed E-state index contributed by atoms with van der Waals surface area (Å²) >= 11 is 0. The maximum absolute atomic E-state index is 9.62. The fraction of sp³-hybridized carbons (Fsp3) is 0.750. The van der Waals surface area contributed by atoms with Crippen LogP contribution >= 0.6 is 0 Å². The maximum atomic E-state index is 9.62. The summed E-state index contributed by atoms with van der Waals surface area (Å²) < 4.78 is 0. The minimum Gasteiger partial charge on any atom is -0.264 e. The Hall–Kier alpha value is -1.11. The first kappa shape index (κ1) is 6.89. The van der Waals surface area contributed by atoms with Gasteiger partial charge in [0.2, 0.25) is 6.54 Å². The van der Waals surface area contributed by atoms with Gasteiger partial charge < -0.3 is 0 Å². The van der Waals surface area contributed by atoms with Crippen LogP contribution in [0.25, 0.3) is 0 Å². The van der Waals surface area contributed by atoms with Crippen molar-refractivity contribution in [1.29, 1.82) is 5.26 Å². The molecule has 0 aliphatic rings. The zero-order valence-electron chi connectivity index (χ0n) is 4.50. The molecule has 0 saturated carbocycles. The molecule has 0 aromatic rings. The standard InChI is InChI=1S/C4H6N2O2/c1-4(2-5)3-6(7)8/h4H,3H2,1H3/t4-/m1/s1. The second-order valence-corrected chi connectivity index (χ2v) is 1.55. The Balaban J connectivity index is 3.43. The number of nitriles is 1. The molecule has 0 saturated heterocycles. The first-order valence-corrected chi connectivity index (χ1v) is 2.18. The van der Waals surface area contributed by atoms with E-state index in [1.807, 2.05) is 0 Å². The highest BCUT2D eigenvalue weighted by Crippen LogP contribution is 1.89. The van der Waals surface area contributed by atoms with Gasteiger partial charge in [-0.3, -0.25) is 10.1 Å². The summed E-state index contributed by atoms with van der Waals surface area (Å²) in [5.74, 6) is -0.468. The van der Waals surface area contributed by atoms with Crippen molar-refractivity contribution in [2.45, 2.75) is 6.92 Å². The lowest BCUT2D eigenvalue weighted by atomic mass is 10.2. The van der Waals surface area contributed by atoms with Crippen LogP contribution in [0.1, 0.15) is 6.92 Å². The highest BCUT2D eigenvalue weighted by molar-refractivity contribution is 4.77. The lowest BCUT2D eigenvalue weighted by Crippen LogP contribution is -2.08. The largest absolute Gasteiger partial charge is 0.264 e. The molecule has 0 aromatic heterocycles. The third-order valence-corrected chi connectivity index (χ3v) is 0.643. The molecule has 0 aromatic carbocycles. The van der Waals surface area contributed by atoms with Crippen LogP contribution in [0, 0.1) is 27.4 Å². The average Bonchev–Trinajstić information content (AvgIpc) is 1.65. The van der Waals surface area contributed by atoms with E-state index in [9.17, 15) is 10.1 Å². The third-order valence-electron chi connectivity index (χ3n) is 0.643. The van der Waals surface area contributed by atoms with E-state index in [-0.39, 0.29) is 6.54 Å². The Morgan fingerprint density at radius 2 is 2.50 bits per heavy atom. The molecule has 4 nitrogen and oxygen atoms in total. The Bertz CT molecular complexity index is 126. The normalized spacial score (nSPS) is 12.0. The summed E-state index contributed by atoms with van der Waals surface area (Å²) in [6, 6.07) is 1.75. The Morgan fingerprint density at radius 1 is 2.00 bits per heavy atom. The van der Waals surface area contributed by atoms with Crippen LogP contribution in [0.2, 0.25) is 0 Å². The van der Waals surface area contributed by atoms with Crippen molar-refractivity contribution in [2.75, 3.05) is 6.54 Å². The van der Waals surface area contributed by atoms with E-state index in [1.165, 1.54) is 6.92 Å². The van der Waals surface area contributed by atoms with Crippen LogP contribution in [-0.4, -0.2) is 11.5 Å². The predicted molar refractivity (Wildman–Crippen MR) is 26.6 cm³/mol. The first-order chi connectivity index (χ1) is 3.66. The van der Waals surface area contributed by atoms with Gasteiger partial charge in [-0.15, -0.1) is 0 Å². The molecule has 0 heterocycles. The lowest BCUT2D eigenvalue weighted by Gasteiger charge is -1.89. The molecule has 0 bridgehead atoms. The molecule has 1 atom stereocenters. The molecule has 4 heteroatoms. The van der Waals surface area contributed by atoms with Gasteiger partial charge in [0.25, 0.3) is 0 Å². The smallest absolute Gasteiger partial charge is 0.219 e. The molecular formula is C4H6N2O2. The predicted octanol–water partition coefficient (Wildman–Crippen LogP) is 0.423.